The molecular formula is C17H30N4O3S. The van der Waals surface area contributed by atoms with Gasteiger partial charge >= 0.3 is 0 Å². The van der Waals surface area contributed by atoms with E-state index in [0.29, 0.717) is 19.6 Å². The van der Waals surface area contributed by atoms with E-state index in [-0.39, 0.29) is 18.2 Å². The van der Waals surface area contributed by atoms with Crippen LogP contribution < -0.4 is 0 Å². The highest BCUT2D eigenvalue weighted by Crippen LogP contribution is 2.20. The second-order valence-corrected chi connectivity index (χ2v) is 9.86. The van der Waals surface area contributed by atoms with Gasteiger partial charge in [-0.05, 0) is 12.8 Å². The van der Waals surface area contributed by atoms with Crippen LogP contribution in [0.25, 0.3) is 0 Å². The zero-order chi connectivity index (χ0) is 18.7. The summed E-state index contributed by atoms with van der Waals surface area (Å²) < 4.78 is 28.4. The van der Waals surface area contributed by atoms with E-state index in [1.54, 1.807) is 20.1 Å². The molecule has 0 atom stereocenters. The summed E-state index contributed by atoms with van der Waals surface area (Å²) in [5.41, 5.74) is 0.340. The molecule has 0 saturated carbocycles. The van der Waals surface area contributed by atoms with E-state index in [9.17, 15) is 13.2 Å². The highest BCUT2D eigenvalue weighted by Gasteiger charge is 2.30. The second kappa shape index (κ2) is 7.86. The maximum Gasteiger partial charge on any atom is 0.228 e. The summed E-state index contributed by atoms with van der Waals surface area (Å²) in [6.07, 6.45) is 6.48. The molecule has 0 unspecified atom stereocenters. The topological polar surface area (TPSA) is 75.5 Å². The smallest absolute Gasteiger partial charge is 0.228 e. The van der Waals surface area contributed by atoms with Gasteiger partial charge in [-0.2, -0.15) is 5.10 Å². The molecule has 1 aliphatic rings. The number of aryl methyl sites for hydroxylation is 1. The van der Waals surface area contributed by atoms with Crippen molar-refractivity contribution in [3.63, 3.8) is 0 Å². The lowest BCUT2D eigenvalue weighted by Gasteiger charge is -2.31. The first-order chi connectivity index (χ1) is 11.6. The SMILES string of the molecule is Cn1cc(CN(CCS(=O)(=O)N2CCCCC2)C(=O)C(C)(C)C)cn1. The van der Waals surface area contributed by atoms with Crippen LogP contribution >= 0.6 is 0 Å². The first kappa shape index (κ1) is 19.9. The molecule has 7 nitrogen and oxygen atoms in total. The first-order valence-electron chi connectivity index (χ1n) is 8.84. The molecule has 0 radical (unpaired) electrons. The van der Waals surface area contributed by atoms with Crippen LogP contribution in [0.15, 0.2) is 12.4 Å². The minimum Gasteiger partial charge on any atom is -0.337 e. The number of piperidine rings is 1. The molecule has 8 heteroatoms. The van der Waals surface area contributed by atoms with Crippen molar-refractivity contribution in [2.24, 2.45) is 12.5 Å². The zero-order valence-corrected chi connectivity index (χ0v) is 16.5. The number of rotatable bonds is 6. The molecule has 0 aliphatic carbocycles. The summed E-state index contributed by atoms with van der Waals surface area (Å²) in [6, 6.07) is 0. The minimum absolute atomic E-state index is 0.0327. The minimum atomic E-state index is -3.33. The highest BCUT2D eigenvalue weighted by atomic mass is 32.2. The largest absolute Gasteiger partial charge is 0.337 e. The summed E-state index contributed by atoms with van der Waals surface area (Å²) in [6.45, 7) is 7.32. The lowest BCUT2D eigenvalue weighted by molar-refractivity contribution is -0.139. The Labute approximate surface area is 151 Å². The fraction of sp³-hybridized carbons (Fsp3) is 0.765. The summed E-state index contributed by atoms with van der Waals surface area (Å²) in [4.78, 5) is 14.4. The van der Waals surface area contributed by atoms with Gasteiger partial charge in [-0.3, -0.25) is 9.48 Å². The third kappa shape index (κ3) is 5.54. The summed E-state index contributed by atoms with van der Waals surface area (Å²) in [5, 5.41) is 4.13. The standard InChI is InChI=1S/C17H30N4O3S/c1-17(2,3)16(22)20(14-15-12-18-19(4)13-15)10-11-25(23,24)21-8-6-5-7-9-21/h12-13H,5-11,14H2,1-4H3. The number of hydrogen-bond donors (Lipinski definition) is 0. The van der Waals surface area contributed by atoms with Crippen molar-refractivity contribution in [3.05, 3.63) is 18.0 Å². The predicted octanol–water partition coefficient (Wildman–Crippen LogP) is 1.61. The van der Waals surface area contributed by atoms with Crippen LogP contribution in [0.2, 0.25) is 0 Å². The van der Waals surface area contributed by atoms with Gasteiger partial charge in [0.15, 0.2) is 0 Å². The van der Waals surface area contributed by atoms with Gasteiger partial charge in [0.1, 0.15) is 0 Å². The van der Waals surface area contributed by atoms with Gasteiger partial charge < -0.3 is 4.90 Å². The average Bonchev–Trinajstić information content (AvgIpc) is 2.96. The monoisotopic (exact) mass is 370 g/mol. The molecule has 1 amide bonds. The Kier molecular flexibility index (Phi) is 6.26. The number of amides is 1. The molecule has 0 N–H and O–H groups in total. The molecule has 1 aromatic rings. The molecule has 0 bridgehead atoms. The van der Waals surface area contributed by atoms with Crippen molar-refractivity contribution in [1.82, 2.24) is 19.0 Å². The van der Waals surface area contributed by atoms with Crippen LogP contribution in [0.5, 0.6) is 0 Å². The number of sulfonamides is 1. The van der Waals surface area contributed by atoms with Crippen molar-refractivity contribution in [1.29, 1.82) is 0 Å². The van der Waals surface area contributed by atoms with E-state index in [1.165, 1.54) is 0 Å². The van der Waals surface area contributed by atoms with E-state index in [4.69, 9.17) is 0 Å². The molecule has 1 aromatic heterocycles. The number of nitrogens with zero attached hydrogens (tertiary/aromatic N) is 4. The molecule has 1 saturated heterocycles. The molecule has 0 aromatic carbocycles. The van der Waals surface area contributed by atoms with Crippen LogP contribution in [0, 0.1) is 5.41 Å². The molecule has 0 spiro atoms. The fourth-order valence-electron chi connectivity index (χ4n) is 3.00. The molecule has 1 aliphatic heterocycles. The quantitative estimate of drug-likeness (QED) is 0.762. The van der Waals surface area contributed by atoms with Crippen LogP contribution in [0.3, 0.4) is 0 Å². The van der Waals surface area contributed by atoms with Crippen LogP contribution in [-0.4, -0.2) is 58.7 Å². The van der Waals surface area contributed by atoms with Gasteiger partial charge in [0.2, 0.25) is 15.9 Å². The van der Waals surface area contributed by atoms with E-state index in [0.717, 1.165) is 24.8 Å². The van der Waals surface area contributed by atoms with E-state index in [1.807, 2.05) is 34.0 Å². The third-order valence-corrected chi connectivity index (χ3v) is 6.24. The van der Waals surface area contributed by atoms with Crippen LogP contribution in [0.1, 0.15) is 45.6 Å². The lowest BCUT2D eigenvalue weighted by atomic mass is 9.94. The highest BCUT2D eigenvalue weighted by molar-refractivity contribution is 7.89. The molecule has 25 heavy (non-hydrogen) atoms. The number of carbonyl (C=O) groups excluding carboxylic acids is 1. The van der Waals surface area contributed by atoms with Crippen molar-refractivity contribution in [3.8, 4) is 0 Å². The van der Waals surface area contributed by atoms with Gasteiger partial charge in [-0.1, -0.05) is 27.2 Å². The number of hydrogen-bond acceptors (Lipinski definition) is 4. The maximum atomic E-state index is 12.8. The third-order valence-electron chi connectivity index (χ3n) is 4.39. The number of carbonyl (C=O) groups is 1. The van der Waals surface area contributed by atoms with E-state index in [2.05, 4.69) is 5.10 Å². The molecule has 1 fully saturated rings. The summed E-state index contributed by atoms with van der Waals surface area (Å²) in [5.74, 6) is -0.0834. The van der Waals surface area contributed by atoms with Gasteiger partial charge in [0.05, 0.1) is 11.9 Å². The lowest BCUT2D eigenvalue weighted by Crippen LogP contribution is -2.44. The molecular weight excluding hydrogens is 340 g/mol. The Morgan fingerprint density at radius 2 is 1.88 bits per heavy atom. The van der Waals surface area contributed by atoms with E-state index >= 15 is 0 Å². The molecule has 142 valence electrons. The normalized spacial score (nSPS) is 16.8. The van der Waals surface area contributed by atoms with Crippen molar-refractivity contribution >= 4 is 15.9 Å². The average molecular weight is 371 g/mol. The zero-order valence-electron chi connectivity index (χ0n) is 15.7. The van der Waals surface area contributed by atoms with E-state index < -0.39 is 15.4 Å². The van der Waals surface area contributed by atoms with Gasteiger partial charge in [0.25, 0.3) is 0 Å². The van der Waals surface area contributed by atoms with Gasteiger partial charge in [0, 0.05) is 50.4 Å². The summed E-state index contributed by atoms with van der Waals surface area (Å²) in [7, 11) is -1.51. The first-order valence-corrected chi connectivity index (χ1v) is 10.5. The number of aromatic nitrogens is 2. The Bertz CT molecular complexity index is 685. The Hall–Kier alpha value is -1.41. The predicted molar refractivity (Wildman–Crippen MR) is 97.3 cm³/mol. The van der Waals surface area contributed by atoms with Crippen molar-refractivity contribution in [2.75, 3.05) is 25.4 Å². The Morgan fingerprint density at radius 1 is 1.24 bits per heavy atom. The second-order valence-electron chi connectivity index (χ2n) is 7.77. The molecule has 2 heterocycles. The van der Waals surface area contributed by atoms with Crippen molar-refractivity contribution < 1.29 is 13.2 Å². The van der Waals surface area contributed by atoms with Gasteiger partial charge in [-0.25, -0.2) is 12.7 Å². The van der Waals surface area contributed by atoms with Crippen molar-refractivity contribution in [2.45, 2.75) is 46.6 Å². The van der Waals surface area contributed by atoms with Crippen LogP contribution in [0.4, 0.5) is 0 Å². The molecule has 2 rings (SSSR count). The van der Waals surface area contributed by atoms with Crippen LogP contribution in [-0.2, 0) is 28.4 Å². The summed E-state index contributed by atoms with van der Waals surface area (Å²) >= 11 is 0. The maximum absolute atomic E-state index is 12.8. The van der Waals surface area contributed by atoms with Gasteiger partial charge in [-0.15, -0.1) is 0 Å². The Morgan fingerprint density at radius 3 is 2.40 bits per heavy atom. The Balaban J connectivity index is 2.08. The fourth-order valence-corrected chi connectivity index (χ4v) is 4.52.